The van der Waals surface area contributed by atoms with Gasteiger partial charge in [-0.15, -0.1) is 24.0 Å². The number of ether oxygens (including phenoxy) is 1. The maximum atomic E-state index is 12.8. The zero-order chi connectivity index (χ0) is 21.8. The van der Waals surface area contributed by atoms with E-state index in [0.717, 1.165) is 17.7 Å². The molecule has 0 fully saturated rings. The second-order valence-corrected chi connectivity index (χ2v) is 10.3. The molecule has 2 N–H and O–H groups in total. The van der Waals surface area contributed by atoms with Crippen LogP contribution in [-0.4, -0.2) is 38.8 Å². The molecule has 0 spiro atoms. The van der Waals surface area contributed by atoms with Gasteiger partial charge in [0.1, 0.15) is 11.4 Å². The number of guanidine groups is 1. The Hall–Kier alpha value is -1.81. The summed E-state index contributed by atoms with van der Waals surface area (Å²) in [7, 11) is -1.69. The number of rotatable bonds is 6. The number of para-hydroxylation sites is 1. The highest BCUT2D eigenvalue weighted by Crippen LogP contribution is 2.39. The molecule has 170 valence electrons. The number of sulfone groups is 1. The second-order valence-electron chi connectivity index (χ2n) is 8.22. The van der Waals surface area contributed by atoms with E-state index in [1.54, 1.807) is 31.3 Å². The highest BCUT2D eigenvalue weighted by atomic mass is 127. The molecule has 0 bridgehead atoms. The number of aliphatic imine (C=N–C) groups is 1. The number of nitrogens with zero attached hydrogens (tertiary/aromatic N) is 1. The number of nitrogens with one attached hydrogen (secondary N) is 2. The minimum Gasteiger partial charge on any atom is -0.487 e. The van der Waals surface area contributed by atoms with Crippen LogP contribution in [-0.2, 0) is 9.84 Å². The average molecular weight is 557 g/mol. The SMILES string of the molecule is CCC(CS(=O)(=O)c1ccccc1)NC(=NC)NC1CC(C)(C)Oc2ccccc21.I. The maximum Gasteiger partial charge on any atom is 0.191 e. The predicted molar refractivity (Wildman–Crippen MR) is 136 cm³/mol. The molecule has 0 saturated carbocycles. The molecule has 2 unspecified atom stereocenters. The fourth-order valence-electron chi connectivity index (χ4n) is 3.71. The predicted octanol–water partition coefficient (Wildman–Crippen LogP) is 4.32. The van der Waals surface area contributed by atoms with Gasteiger partial charge in [-0.2, -0.15) is 0 Å². The van der Waals surface area contributed by atoms with E-state index in [0.29, 0.717) is 17.3 Å². The van der Waals surface area contributed by atoms with E-state index < -0.39 is 9.84 Å². The van der Waals surface area contributed by atoms with Crippen LogP contribution in [0.3, 0.4) is 0 Å². The first kappa shape index (κ1) is 25.5. The molecular weight excluding hydrogens is 525 g/mol. The number of hydrogen-bond donors (Lipinski definition) is 2. The highest BCUT2D eigenvalue weighted by Gasteiger charge is 2.34. The summed E-state index contributed by atoms with van der Waals surface area (Å²) in [5.41, 5.74) is 0.760. The van der Waals surface area contributed by atoms with Crippen molar-refractivity contribution in [1.82, 2.24) is 10.6 Å². The minimum atomic E-state index is -3.39. The summed E-state index contributed by atoms with van der Waals surface area (Å²) in [5, 5.41) is 6.78. The van der Waals surface area contributed by atoms with Crippen molar-refractivity contribution < 1.29 is 13.2 Å². The molecule has 0 aromatic heterocycles. The van der Waals surface area contributed by atoms with Gasteiger partial charge in [-0.25, -0.2) is 8.42 Å². The molecule has 6 nitrogen and oxygen atoms in total. The number of hydrogen-bond acceptors (Lipinski definition) is 4. The zero-order valence-corrected chi connectivity index (χ0v) is 21.6. The summed E-state index contributed by atoms with van der Waals surface area (Å²) < 4.78 is 31.7. The second kappa shape index (κ2) is 10.7. The van der Waals surface area contributed by atoms with Gasteiger partial charge in [0.25, 0.3) is 0 Å². The normalized spacial score (nSPS) is 18.7. The van der Waals surface area contributed by atoms with Gasteiger partial charge in [-0.1, -0.05) is 43.3 Å². The van der Waals surface area contributed by atoms with Crippen molar-refractivity contribution in [2.75, 3.05) is 12.8 Å². The summed E-state index contributed by atoms with van der Waals surface area (Å²) in [6.07, 6.45) is 1.42. The zero-order valence-electron chi connectivity index (χ0n) is 18.5. The molecule has 1 aliphatic heterocycles. The number of fused-ring (bicyclic) bond motifs is 1. The van der Waals surface area contributed by atoms with E-state index in [1.807, 2.05) is 37.3 Å². The van der Waals surface area contributed by atoms with Gasteiger partial charge >= 0.3 is 0 Å². The van der Waals surface area contributed by atoms with Crippen LogP contribution in [0.1, 0.15) is 45.2 Å². The monoisotopic (exact) mass is 557 g/mol. The summed E-state index contributed by atoms with van der Waals surface area (Å²) >= 11 is 0. The quantitative estimate of drug-likeness (QED) is 0.314. The summed E-state index contributed by atoms with van der Waals surface area (Å²) in [6.45, 7) is 6.10. The average Bonchev–Trinajstić information content (AvgIpc) is 2.72. The third-order valence-corrected chi connectivity index (χ3v) is 7.10. The maximum absolute atomic E-state index is 12.8. The Morgan fingerprint density at radius 2 is 1.81 bits per heavy atom. The van der Waals surface area contributed by atoms with Crippen LogP contribution < -0.4 is 15.4 Å². The summed E-state index contributed by atoms with van der Waals surface area (Å²) in [4.78, 5) is 4.69. The molecule has 0 saturated heterocycles. The smallest absolute Gasteiger partial charge is 0.191 e. The third-order valence-electron chi connectivity index (χ3n) is 5.27. The summed E-state index contributed by atoms with van der Waals surface area (Å²) in [5.74, 6) is 1.45. The molecule has 8 heteroatoms. The van der Waals surface area contributed by atoms with Crippen LogP contribution in [0.25, 0.3) is 0 Å². The van der Waals surface area contributed by atoms with E-state index in [4.69, 9.17) is 4.74 Å². The van der Waals surface area contributed by atoms with Gasteiger partial charge in [0, 0.05) is 25.1 Å². The van der Waals surface area contributed by atoms with E-state index in [2.05, 4.69) is 29.5 Å². The Balaban J connectivity index is 0.00000341. The lowest BCUT2D eigenvalue weighted by molar-refractivity contribution is 0.0694. The molecule has 0 aliphatic carbocycles. The molecule has 3 rings (SSSR count). The largest absolute Gasteiger partial charge is 0.487 e. The molecular formula is C23H32IN3O3S. The van der Waals surface area contributed by atoms with Crippen LogP contribution >= 0.6 is 24.0 Å². The first-order chi connectivity index (χ1) is 14.2. The molecule has 2 atom stereocenters. The van der Waals surface area contributed by atoms with Crippen molar-refractivity contribution in [2.45, 2.75) is 56.2 Å². The number of halogens is 1. The standard InChI is InChI=1S/C23H31N3O3S.HI/c1-5-17(16-30(27,28)18-11-7-6-8-12-18)25-22(24-4)26-20-15-23(2,3)29-21-14-10-9-13-19(20)21;/h6-14,17,20H,5,15-16H2,1-4H3,(H2,24,25,26);1H. The van der Waals surface area contributed by atoms with E-state index in [9.17, 15) is 8.42 Å². The van der Waals surface area contributed by atoms with Gasteiger partial charge in [0.2, 0.25) is 0 Å². The van der Waals surface area contributed by atoms with Crippen LogP contribution in [0.5, 0.6) is 5.75 Å². The van der Waals surface area contributed by atoms with Crippen molar-refractivity contribution in [3.63, 3.8) is 0 Å². The van der Waals surface area contributed by atoms with Crippen LogP contribution in [0.15, 0.2) is 64.5 Å². The van der Waals surface area contributed by atoms with Crippen molar-refractivity contribution >= 4 is 39.8 Å². The lowest BCUT2D eigenvalue weighted by Crippen LogP contribution is -2.49. The topological polar surface area (TPSA) is 79.8 Å². The molecule has 1 aliphatic rings. The first-order valence-electron chi connectivity index (χ1n) is 10.3. The Labute approximate surface area is 202 Å². The van der Waals surface area contributed by atoms with E-state index in [1.165, 1.54) is 0 Å². The molecule has 31 heavy (non-hydrogen) atoms. The van der Waals surface area contributed by atoms with Gasteiger partial charge in [0.15, 0.2) is 15.8 Å². The van der Waals surface area contributed by atoms with Crippen molar-refractivity contribution in [2.24, 2.45) is 4.99 Å². The van der Waals surface area contributed by atoms with Gasteiger partial charge < -0.3 is 15.4 Å². The molecule has 2 aromatic carbocycles. The number of benzene rings is 2. The minimum absolute atomic E-state index is 0. The lowest BCUT2D eigenvalue weighted by Gasteiger charge is -2.38. The molecule has 0 radical (unpaired) electrons. The molecule has 0 amide bonds. The summed E-state index contributed by atoms with van der Waals surface area (Å²) in [6, 6.07) is 16.3. The Morgan fingerprint density at radius 3 is 2.45 bits per heavy atom. The Kier molecular flexibility index (Phi) is 8.76. The fraction of sp³-hybridized carbons (Fsp3) is 0.435. The molecule has 1 heterocycles. The molecule has 2 aromatic rings. The van der Waals surface area contributed by atoms with E-state index in [-0.39, 0.29) is 47.4 Å². The third kappa shape index (κ3) is 6.58. The first-order valence-corrected chi connectivity index (χ1v) is 11.9. The van der Waals surface area contributed by atoms with Gasteiger partial charge in [-0.05, 0) is 38.5 Å². The highest BCUT2D eigenvalue weighted by molar-refractivity contribution is 14.0. The van der Waals surface area contributed by atoms with Gasteiger partial charge in [-0.3, -0.25) is 4.99 Å². The Bertz CT molecular complexity index is 994. The van der Waals surface area contributed by atoms with Gasteiger partial charge in [0.05, 0.1) is 16.7 Å². The van der Waals surface area contributed by atoms with Crippen LogP contribution in [0.2, 0.25) is 0 Å². The fourth-order valence-corrected chi connectivity index (χ4v) is 5.32. The van der Waals surface area contributed by atoms with Crippen LogP contribution in [0.4, 0.5) is 0 Å². The van der Waals surface area contributed by atoms with Crippen molar-refractivity contribution in [3.05, 3.63) is 60.2 Å². The lowest BCUT2D eigenvalue weighted by atomic mass is 9.90. The van der Waals surface area contributed by atoms with Crippen LogP contribution in [0, 0.1) is 0 Å². The van der Waals surface area contributed by atoms with E-state index >= 15 is 0 Å². The van der Waals surface area contributed by atoms with Crippen molar-refractivity contribution in [1.29, 1.82) is 0 Å². The van der Waals surface area contributed by atoms with Crippen molar-refractivity contribution in [3.8, 4) is 5.75 Å². The Morgan fingerprint density at radius 1 is 1.16 bits per heavy atom.